The van der Waals surface area contributed by atoms with Gasteiger partial charge in [-0.05, 0) is 25.4 Å². The second kappa shape index (κ2) is 7.56. The molecular weight excluding hydrogens is 248 g/mol. The summed E-state index contributed by atoms with van der Waals surface area (Å²) in [6, 6.07) is 0. The van der Waals surface area contributed by atoms with E-state index in [-0.39, 0.29) is 5.89 Å². The first-order valence-corrected chi connectivity index (χ1v) is 7.28. The molecular formula is C9H14N2O3S2. The lowest BCUT2D eigenvalue weighted by Crippen LogP contribution is -2.04. The zero-order chi connectivity index (χ0) is 11.8. The van der Waals surface area contributed by atoms with Crippen LogP contribution in [0, 0.1) is 0 Å². The van der Waals surface area contributed by atoms with Crippen molar-refractivity contribution in [2.75, 3.05) is 24.4 Å². The van der Waals surface area contributed by atoms with Gasteiger partial charge in [-0.1, -0.05) is 16.9 Å². The normalized spacial score (nSPS) is 10.4. The number of hydrogen-bond acceptors (Lipinski definition) is 7. The highest BCUT2D eigenvalue weighted by molar-refractivity contribution is 7.99. The van der Waals surface area contributed by atoms with E-state index in [1.54, 1.807) is 18.7 Å². The molecule has 0 spiro atoms. The van der Waals surface area contributed by atoms with Gasteiger partial charge in [0.15, 0.2) is 0 Å². The SMILES string of the molecule is CCOC(=O)c1nnc(SCCCSC)o1. The summed E-state index contributed by atoms with van der Waals surface area (Å²) in [5.74, 6) is 1.37. The summed E-state index contributed by atoms with van der Waals surface area (Å²) < 4.78 is 9.87. The molecule has 0 saturated carbocycles. The van der Waals surface area contributed by atoms with E-state index in [9.17, 15) is 4.79 Å². The maximum atomic E-state index is 11.2. The lowest BCUT2D eigenvalue weighted by atomic mass is 10.6. The minimum atomic E-state index is -0.564. The van der Waals surface area contributed by atoms with Gasteiger partial charge in [0.1, 0.15) is 0 Å². The molecule has 1 heterocycles. The molecule has 0 radical (unpaired) electrons. The first-order chi connectivity index (χ1) is 7.77. The Bertz CT molecular complexity index is 330. The van der Waals surface area contributed by atoms with Gasteiger partial charge in [-0.2, -0.15) is 11.8 Å². The summed E-state index contributed by atoms with van der Waals surface area (Å²) in [6.07, 6.45) is 3.14. The summed E-state index contributed by atoms with van der Waals surface area (Å²) in [6.45, 7) is 2.03. The van der Waals surface area contributed by atoms with Crippen molar-refractivity contribution in [2.45, 2.75) is 18.6 Å². The lowest BCUT2D eigenvalue weighted by Gasteiger charge is -1.95. The Morgan fingerprint density at radius 2 is 2.25 bits per heavy atom. The molecule has 0 aliphatic heterocycles. The number of ether oxygens (including phenoxy) is 1. The molecule has 0 fully saturated rings. The van der Waals surface area contributed by atoms with Crippen LogP contribution in [0.4, 0.5) is 0 Å². The molecule has 0 bridgehead atoms. The number of rotatable bonds is 7. The fourth-order valence-corrected chi connectivity index (χ4v) is 2.22. The summed E-state index contributed by atoms with van der Waals surface area (Å²) in [4.78, 5) is 11.2. The number of thioether (sulfide) groups is 2. The topological polar surface area (TPSA) is 65.2 Å². The quantitative estimate of drug-likeness (QED) is 0.423. The van der Waals surface area contributed by atoms with E-state index >= 15 is 0 Å². The number of esters is 1. The van der Waals surface area contributed by atoms with Crippen LogP contribution in [0.15, 0.2) is 9.64 Å². The molecule has 1 rings (SSSR count). The molecule has 1 aromatic heterocycles. The highest BCUT2D eigenvalue weighted by Gasteiger charge is 2.15. The Morgan fingerprint density at radius 1 is 1.44 bits per heavy atom. The van der Waals surface area contributed by atoms with Crippen molar-refractivity contribution in [3.8, 4) is 0 Å². The smallest absolute Gasteiger partial charge is 0.396 e. The van der Waals surface area contributed by atoms with Crippen LogP contribution in [-0.2, 0) is 4.74 Å². The molecule has 0 N–H and O–H groups in total. The zero-order valence-corrected chi connectivity index (χ0v) is 10.9. The molecule has 0 amide bonds. The standard InChI is InChI=1S/C9H14N2O3S2/c1-3-13-8(12)7-10-11-9(14-7)16-6-4-5-15-2/h3-6H2,1-2H3. The Kier molecular flexibility index (Phi) is 6.32. The molecule has 7 heteroatoms. The van der Waals surface area contributed by atoms with Crippen molar-refractivity contribution < 1.29 is 13.9 Å². The second-order valence-corrected chi connectivity index (χ2v) is 4.82. The van der Waals surface area contributed by atoms with E-state index in [2.05, 4.69) is 16.5 Å². The second-order valence-electron chi connectivity index (χ2n) is 2.79. The summed E-state index contributed by atoms with van der Waals surface area (Å²) in [5, 5.41) is 7.79. The molecule has 90 valence electrons. The van der Waals surface area contributed by atoms with E-state index in [1.165, 1.54) is 11.8 Å². The van der Waals surface area contributed by atoms with Crippen molar-refractivity contribution >= 4 is 29.5 Å². The Hall–Kier alpha value is -0.690. The molecule has 16 heavy (non-hydrogen) atoms. The first-order valence-electron chi connectivity index (χ1n) is 4.90. The number of nitrogens with zero attached hydrogens (tertiary/aromatic N) is 2. The molecule has 1 aromatic rings. The third-order valence-corrected chi connectivity index (χ3v) is 3.18. The monoisotopic (exact) mass is 262 g/mol. The van der Waals surface area contributed by atoms with Crippen molar-refractivity contribution in [3.63, 3.8) is 0 Å². The van der Waals surface area contributed by atoms with Crippen LogP contribution in [-0.4, -0.2) is 40.5 Å². The fourth-order valence-electron chi connectivity index (χ4n) is 0.906. The summed E-state index contributed by atoms with van der Waals surface area (Å²) in [7, 11) is 0. The van der Waals surface area contributed by atoms with E-state index in [4.69, 9.17) is 9.15 Å². The third kappa shape index (κ3) is 4.44. The number of aromatic nitrogens is 2. The van der Waals surface area contributed by atoms with Gasteiger partial charge >= 0.3 is 11.9 Å². The zero-order valence-electron chi connectivity index (χ0n) is 9.26. The molecule has 0 unspecified atom stereocenters. The van der Waals surface area contributed by atoms with Gasteiger partial charge in [-0.25, -0.2) is 4.79 Å². The van der Waals surface area contributed by atoms with E-state index < -0.39 is 5.97 Å². The van der Waals surface area contributed by atoms with E-state index in [0.29, 0.717) is 11.8 Å². The van der Waals surface area contributed by atoms with E-state index in [0.717, 1.165) is 17.9 Å². The molecule has 0 aromatic carbocycles. The first kappa shape index (κ1) is 13.4. The highest BCUT2D eigenvalue weighted by atomic mass is 32.2. The Labute approximate surface area is 103 Å². The van der Waals surface area contributed by atoms with Gasteiger partial charge in [0.05, 0.1) is 6.61 Å². The predicted molar refractivity (Wildman–Crippen MR) is 64.0 cm³/mol. The van der Waals surface area contributed by atoms with Crippen LogP contribution in [0.2, 0.25) is 0 Å². The van der Waals surface area contributed by atoms with Gasteiger partial charge in [0.25, 0.3) is 5.22 Å². The molecule has 0 aliphatic rings. The van der Waals surface area contributed by atoms with Gasteiger partial charge in [-0.3, -0.25) is 0 Å². The number of carbonyl (C=O) groups is 1. The van der Waals surface area contributed by atoms with Gasteiger partial charge < -0.3 is 9.15 Å². The van der Waals surface area contributed by atoms with Gasteiger partial charge in [0.2, 0.25) is 0 Å². The van der Waals surface area contributed by atoms with Gasteiger partial charge in [0, 0.05) is 5.75 Å². The number of carbonyl (C=O) groups excluding carboxylic acids is 1. The van der Waals surface area contributed by atoms with Crippen molar-refractivity contribution in [1.29, 1.82) is 0 Å². The molecule has 5 nitrogen and oxygen atoms in total. The summed E-state index contributed by atoms with van der Waals surface area (Å²) in [5.41, 5.74) is 0. The molecule has 0 aliphatic carbocycles. The highest BCUT2D eigenvalue weighted by Crippen LogP contribution is 2.17. The van der Waals surface area contributed by atoms with Crippen LogP contribution in [0.1, 0.15) is 24.0 Å². The summed E-state index contributed by atoms with van der Waals surface area (Å²) >= 11 is 3.25. The van der Waals surface area contributed by atoms with Crippen molar-refractivity contribution in [1.82, 2.24) is 10.2 Å². The van der Waals surface area contributed by atoms with Crippen LogP contribution in [0.25, 0.3) is 0 Å². The lowest BCUT2D eigenvalue weighted by molar-refractivity contribution is 0.0475. The Balaban J connectivity index is 2.36. The molecule has 0 atom stereocenters. The van der Waals surface area contributed by atoms with Crippen molar-refractivity contribution in [3.05, 3.63) is 5.89 Å². The third-order valence-electron chi connectivity index (χ3n) is 1.57. The minimum Gasteiger partial charge on any atom is -0.459 e. The van der Waals surface area contributed by atoms with Crippen LogP contribution in [0.3, 0.4) is 0 Å². The predicted octanol–water partition coefficient (Wildman–Crippen LogP) is 2.09. The average molecular weight is 262 g/mol. The number of hydrogen-bond donors (Lipinski definition) is 0. The Morgan fingerprint density at radius 3 is 2.94 bits per heavy atom. The average Bonchev–Trinajstić information content (AvgIpc) is 2.73. The van der Waals surface area contributed by atoms with Crippen molar-refractivity contribution in [2.24, 2.45) is 0 Å². The largest absolute Gasteiger partial charge is 0.459 e. The minimum absolute atomic E-state index is 0.0748. The maximum Gasteiger partial charge on any atom is 0.396 e. The maximum absolute atomic E-state index is 11.2. The van der Waals surface area contributed by atoms with Crippen LogP contribution < -0.4 is 0 Å². The van der Waals surface area contributed by atoms with Crippen LogP contribution >= 0.6 is 23.5 Å². The van der Waals surface area contributed by atoms with Gasteiger partial charge in [-0.15, -0.1) is 5.10 Å². The van der Waals surface area contributed by atoms with Crippen LogP contribution in [0.5, 0.6) is 0 Å². The molecule has 0 saturated heterocycles. The van der Waals surface area contributed by atoms with E-state index in [1.807, 2.05) is 0 Å². The fraction of sp³-hybridized carbons (Fsp3) is 0.667.